The van der Waals surface area contributed by atoms with E-state index in [1.165, 1.54) is 0 Å². The molecule has 1 N–H and O–H groups in total. The van der Waals surface area contributed by atoms with Crippen LogP contribution in [0.5, 0.6) is 0 Å². The largest absolute Gasteiger partial charge is 0.414 e. The van der Waals surface area contributed by atoms with Gasteiger partial charge in [-0.3, -0.25) is 0 Å². The second kappa shape index (κ2) is 5.28. The van der Waals surface area contributed by atoms with Gasteiger partial charge in [-0.15, -0.1) is 6.58 Å². The van der Waals surface area contributed by atoms with Crippen molar-refractivity contribution in [2.24, 2.45) is 0 Å². The van der Waals surface area contributed by atoms with Gasteiger partial charge in [0.15, 0.2) is 8.32 Å². The second-order valence-corrected chi connectivity index (χ2v) is 10.7. The molecule has 0 unspecified atom stereocenters. The van der Waals surface area contributed by atoms with Gasteiger partial charge < -0.3 is 9.53 Å². The third-order valence-corrected chi connectivity index (χ3v) is 7.53. The van der Waals surface area contributed by atoms with Gasteiger partial charge in [0, 0.05) is 0 Å². The first kappa shape index (κ1) is 14.9. The Morgan fingerprint density at radius 1 is 1.40 bits per heavy atom. The van der Waals surface area contributed by atoms with Crippen LogP contribution in [0.1, 0.15) is 34.1 Å². The van der Waals surface area contributed by atoms with Crippen LogP contribution < -0.4 is 0 Å². The monoisotopic (exact) mass is 230 g/mol. The summed E-state index contributed by atoms with van der Waals surface area (Å²) in [6.07, 6.45) is 0.228. The topological polar surface area (TPSA) is 29.5 Å². The molecule has 0 aliphatic heterocycles. The summed E-state index contributed by atoms with van der Waals surface area (Å²) in [6, 6.07) is 0. The molecule has 0 radical (unpaired) electrons. The highest BCUT2D eigenvalue weighted by molar-refractivity contribution is 6.74. The number of hydrogen-bond acceptors (Lipinski definition) is 2. The molecular weight excluding hydrogens is 204 g/mol. The molecule has 2 nitrogen and oxygen atoms in total. The molecule has 90 valence electrons. The van der Waals surface area contributed by atoms with Crippen LogP contribution in [0.15, 0.2) is 12.2 Å². The highest BCUT2D eigenvalue weighted by Gasteiger charge is 2.37. The number of rotatable bonds is 5. The standard InChI is InChI=1S/C12H26O2Si/c1-10(2)8-11(13)9-14-15(6,7)12(3,4)5/h11,13H,1,8-9H2,2-7H3/t11-/m1/s1. The maximum Gasteiger partial charge on any atom is 0.192 e. The van der Waals surface area contributed by atoms with Crippen LogP contribution in [-0.2, 0) is 4.43 Å². The summed E-state index contributed by atoms with van der Waals surface area (Å²) in [7, 11) is -1.71. The molecule has 0 aliphatic rings. The van der Waals surface area contributed by atoms with E-state index in [1.807, 2.05) is 6.92 Å². The maximum atomic E-state index is 9.69. The van der Waals surface area contributed by atoms with Gasteiger partial charge >= 0.3 is 0 Å². The van der Waals surface area contributed by atoms with Crippen LogP contribution in [0.2, 0.25) is 18.1 Å². The lowest BCUT2D eigenvalue weighted by atomic mass is 10.2. The molecule has 0 amide bonds. The van der Waals surface area contributed by atoms with E-state index in [0.717, 1.165) is 5.57 Å². The number of hydrogen-bond donors (Lipinski definition) is 1. The van der Waals surface area contributed by atoms with Crippen molar-refractivity contribution in [1.82, 2.24) is 0 Å². The second-order valence-electron chi connectivity index (χ2n) is 5.89. The van der Waals surface area contributed by atoms with Crippen molar-refractivity contribution in [3.8, 4) is 0 Å². The van der Waals surface area contributed by atoms with Gasteiger partial charge in [0.1, 0.15) is 0 Å². The molecule has 0 aliphatic carbocycles. The summed E-state index contributed by atoms with van der Waals surface area (Å²) in [5.74, 6) is 0. The molecule has 0 aromatic rings. The highest BCUT2D eigenvalue weighted by Crippen LogP contribution is 2.36. The molecule has 0 fully saturated rings. The molecule has 0 saturated carbocycles. The predicted molar refractivity (Wildman–Crippen MR) is 68.6 cm³/mol. The Kier molecular flexibility index (Phi) is 5.24. The lowest BCUT2D eigenvalue weighted by Gasteiger charge is -2.36. The van der Waals surface area contributed by atoms with Gasteiger partial charge in [0.25, 0.3) is 0 Å². The molecule has 0 heterocycles. The third kappa shape index (κ3) is 5.49. The van der Waals surface area contributed by atoms with Crippen molar-refractivity contribution in [3.05, 3.63) is 12.2 Å². The van der Waals surface area contributed by atoms with E-state index in [9.17, 15) is 5.11 Å². The Labute approximate surface area is 95.5 Å². The van der Waals surface area contributed by atoms with Crippen molar-refractivity contribution in [3.63, 3.8) is 0 Å². The average Bonchev–Trinajstić information content (AvgIpc) is 1.97. The van der Waals surface area contributed by atoms with E-state index in [4.69, 9.17) is 4.43 Å². The minimum atomic E-state index is -1.71. The van der Waals surface area contributed by atoms with Crippen LogP contribution in [0.25, 0.3) is 0 Å². The van der Waals surface area contributed by atoms with Gasteiger partial charge in [0.05, 0.1) is 12.7 Å². The molecule has 0 aromatic carbocycles. The first-order valence-electron chi connectivity index (χ1n) is 5.52. The fourth-order valence-corrected chi connectivity index (χ4v) is 2.02. The molecule has 0 aromatic heterocycles. The number of aliphatic hydroxyl groups excluding tert-OH is 1. The van der Waals surface area contributed by atoms with E-state index < -0.39 is 14.4 Å². The van der Waals surface area contributed by atoms with E-state index >= 15 is 0 Å². The zero-order chi connectivity index (χ0) is 12.3. The van der Waals surface area contributed by atoms with Crippen LogP contribution in [0.4, 0.5) is 0 Å². The molecule has 15 heavy (non-hydrogen) atoms. The molecule has 0 rings (SSSR count). The zero-order valence-corrected chi connectivity index (χ0v) is 12.1. The minimum Gasteiger partial charge on any atom is -0.414 e. The van der Waals surface area contributed by atoms with Gasteiger partial charge in [-0.2, -0.15) is 0 Å². The SMILES string of the molecule is C=C(C)C[C@@H](O)CO[Si](C)(C)C(C)(C)C. The zero-order valence-electron chi connectivity index (χ0n) is 11.1. The molecule has 0 saturated heterocycles. The first-order chi connectivity index (χ1) is 6.56. The minimum absolute atomic E-state index is 0.204. The van der Waals surface area contributed by atoms with Gasteiger partial charge in [-0.25, -0.2) is 0 Å². The maximum absolute atomic E-state index is 9.69. The van der Waals surface area contributed by atoms with E-state index in [0.29, 0.717) is 13.0 Å². The van der Waals surface area contributed by atoms with Crippen LogP contribution in [0.3, 0.4) is 0 Å². The lowest BCUT2D eigenvalue weighted by Crippen LogP contribution is -2.42. The van der Waals surface area contributed by atoms with Gasteiger partial charge in [-0.05, 0) is 31.5 Å². The van der Waals surface area contributed by atoms with Gasteiger partial charge in [-0.1, -0.05) is 26.3 Å². The Morgan fingerprint density at radius 2 is 1.87 bits per heavy atom. The molecule has 0 spiro atoms. The smallest absolute Gasteiger partial charge is 0.192 e. The highest BCUT2D eigenvalue weighted by atomic mass is 28.4. The summed E-state index contributed by atoms with van der Waals surface area (Å²) < 4.78 is 5.90. The summed E-state index contributed by atoms with van der Waals surface area (Å²) in [4.78, 5) is 0. The van der Waals surface area contributed by atoms with Gasteiger partial charge in [0.2, 0.25) is 0 Å². The summed E-state index contributed by atoms with van der Waals surface area (Å²) in [5.41, 5.74) is 1.00. The van der Waals surface area contributed by atoms with Crippen LogP contribution in [-0.4, -0.2) is 26.1 Å². The summed E-state index contributed by atoms with van der Waals surface area (Å²) in [6.45, 7) is 17.1. The van der Waals surface area contributed by atoms with Crippen molar-refractivity contribution in [1.29, 1.82) is 0 Å². The van der Waals surface area contributed by atoms with E-state index in [1.54, 1.807) is 0 Å². The Balaban J connectivity index is 4.10. The third-order valence-electron chi connectivity index (χ3n) is 3.03. The van der Waals surface area contributed by atoms with Crippen LogP contribution >= 0.6 is 0 Å². The van der Waals surface area contributed by atoms with E-state index in [-0.39, 0.29) is 5.04 Å². The molecular formula is C12H26O2Si. The van der Waals surface area contributed by atoms with E-state index in [2.05, 4.69) is 40.4 Å². The predicted octanol–water partition coefficient (Wildman–Crippen LogP) is 3.34. The quantitative estimate of drug-likeness (QED) is 0.580. The Hall–Kier alpha value is -0.123. The summed E-state index contributed by atoms with van der Waals surface area (Å²) in [5, 5.41) is 9.89. The molecule has 0 bridgehead atoms. The fourth-order valence-electron chi connectivity index (χ4n) is 0.982. The van der Waals surface area contributed by atoms with Crippen molar-refractivity contribution < 1.29 is 9.53 Å². The summed E-state index contributed by atoms with van der Waals surface area (Å²) >= 11 is 0. The van der Waals surface area contributed by atoms with Crippen LogP contribution in [0, 0.1) is 0 Å². The molecule has 1 atom stereocenters. The van der Waals surface area contributed by atoms with Crippen molar-refractivity contribution >= 4 is 8.32 Å². The first-order valence-corrected chi connectivity index (χ1v) is 8.43. The van der Waals surface area contributed by atoms with Crippen molar-refractivity contribution in [2.45, 2.75) is 58.4 Å². The Morgan fingerprint density at radius 3 is 2.20 bits per heavy atom. The molecule has 3 heteroatoms. The van der Waals surface area contributed by atoms with Crippen molar-refractivity contribution in [2.75, 3.05) is 6.61 Å². The normalized spacial score (nSPS) is 15.1. The number of aliphatic hydroxyl groups is 1. The fraction of sp³-hybridized carbons (Fsp3) is 0.833. The Bertz CT molecular complexity index is 216. The average molecular weight is 230 g/mol. The lowest BCUT2D eigenvalue weighted by molar-refractivity contribution is 0.100.